The molecule has 1 aliphatic rings. The van der Waals surface area contributed by atoms with Gasteiger partial charge in [-0.15, -0.1) is 0 Å². The monoisotopic (exact) mass is 289 g/mol. The molecule has 1 saturated carbocycles. The van der Waals surface area contributed by atoms with Gasteiger partial charge in [0, 0.05) is 20.3 Å². The molecule has 0 heterocycles. The predicted octanol–water partition coefficient (Wildman–Crippen LogP) is 0.899. The molecule has 1 atom stereocenters. The molecule has 118 valence electrons. The maximum Gasteiger partial charge on any atom is 0.326 e. The second-order valence-corrected chi connectivity index (χ2v) is 5.09. The van der Waals surface area contributed by atoms with Gasteiger partial charge < -0.3 is 19.3 Å². The van der Waals surface area contributed by atoms with E-state index >= 15 is 0 Å². The average molecular weight is 289 g/mol. The number of hydrogen-bond donors (Lipinski definition) is 2. The number of methoxy groups -OCH3 is 1. The van der Waals surface area contributed by atoms with Crippen LogP contribution in [0.1, 0.15) is 26.2 Å². The lowest BCUT2D eigenvalue weighted by Gasteiger charge is -2.30. The molecule has 6 nitrogen and oxygen atoms in total. The number of carbonyl (C=O) groups is 1. The molecule has 0 aliphatic heterocycles. The Kier molecular flexibility index (Phi) is 8.06. The predicted molar refractivity (Wildman–Crippen MR) is 74.9 cm³/mol. The fraction of sp³-hybridized carbons (Fsp3) is 0.929. The van der Waals surface area contributed by atoms with Crippen LogP contribution in [0.2, 0.25) is 0 Å². The molecule has 20 heavy (non-hydrogen) atoms. The van der Waals surface area contributed by atoms with Crippen molar-refractivity contribution >= 4 is 5.97 Å². The van der Waals surface area contributed by atoms with E-state index < -0.39 is 11.5 Å². The van der Waals surface area contributed by atoms with E-state index in [0.29, 0.717) is 33.0 Å². The third kappa shape index (κ3) is 5.36. The van der Waals surface area contributed by atoms with E-state index in [-0.39, 0.29) is 12.5 Å². The first-order valence-electron chi connectivity index (χ1n) is 7.30. The lowest BCUT2D eigenvalue weighted by molar-refractivity contribution is -0.149. The summed E-state index contributed by atoms with van der Waals surface area (Å²) in [6.45, 7) is 4.96. The first-order valence-corrected chi connectivity index (χ1v) is 7.30. The van der Waals surface area contributed by atoms with Gasteiger partial charge in [-0.2, -0.15) is 0 Å². The Bertz CT molecular complexity index is 283. The van der Waals surface area contributed by atoms with Gasteiger partial charge in [0.15, 0.2) is 0 Å². The summed E-state index contributed by atoms with van der Waals surface area (Å²) < 4.78 is 15.8. The Morgan fingerprint density at radius 2 is 1.95 bits per heavy atom. The van der Waals surface area contributed by atoms with Gasteiger partial charge >= 0.3 is 5.97 Å². The third-order valence-electron chi connectivity index (χ3n) is 3.49. The molecule has 1 unspecified atom stereocenters. The Balaban J connectivity index is 2.20. The summed E-state index contributed by atoms with van der Waals surface area (Å²) in [5.74, 6) is -0.634. The van der Waals surface area contributed by atoms with Gasteiger partial charge in [0.2, 0.25) is 0 Å². The first kappa shape index (κ1) is 17.4. The van der Waals surface area contributed by atoms with Crippen molar-refractivity contribution < 1.29 is 24.1 Å². The van der Waals surface area contributed by atoms with Crippen LogP contribution in [0.5, 0.6) is 0 Å². The highest BCUT2D eigenvalue weighted by molar-refractivity contribution is 5.80. The fourth-order valence-corrected chi connectivity index (χ4v) is 2.28. The van der Waals surface area contributed by atoms with Crippen molar-refractivity contribution in [2.75, 3.05) is 46.7 Å². The smallest absolute Gasteiger partial charge is 0.326 e. The highest BCUT2D eigenvalue weighted by Crippen LogP contribution is 2.40. The molecule has 0 amide bonds. The van der Waals surface area contributed by atoms with Crippen LogP contribution in [0, 0.1) is 5.92 Å². The Hall–Kier alpha value is -0.690. The zero-order valence-corrected chi connectivity index (χ0v) is 12.5. The molecule has 0 bridgehead atoms. The van der Waals surface area contributed by atoms with Crippen molar-refractivity contribution in [1.82, 2.24) is 5.32 Å². The van der Waals surface area contributed by atoms with Gasteiger partial charge in [-0.25, -0.2) is 0 Å². The molecule has 1 fully saturated rings. The van der Waals surface area contributed by atoms with E-state index in [1.807, 2.05) is 6.92 Å². The van der Waals surface area contributed by atoms with E-state index in [1.165, 1.54) is 0 Å². The average Bonchev–Trinajstić information content (AvgIpc) is 3.25. The van der Waals surface area contributed by atoms with Crippen molar-refractivity contribution in [1.29, 1.82) is 0 Å². The zero-order chi connectivity index (χ0) is 14.8. The number of likely N-dealkylation sites (N-methyl/N-ethyl adjacent to an activating group) is 1. The quantitative estimate of drug-likeness (QED) is 0.491. The van der Waals surface area contributed by atoms with Gasteiger partial charge in [0.25, 0.3) is 0 Å². The minimum absolute atomic E-state index is 0.183. The van der Waals surface area contributed by atoms with E-state index in [2.05, 4.69) is 5.32 Å². The Morgan fingerprint density at radius 3 is 2.50 bits per heavy atom. The summed E-state index contributed by atoms with van der Waals surface area (Å²) in [5.41, 5.74) is -0.926. The molecule has 1 aliphatic carbocycles. The number of rotatable bonds is 13. The summed E-state index contributed by atoms with van der Waals surface area (Å²) in [6, 6.07) is 0. The maximum absolute atomic E-state index is 11.5. The van der Waals surface area contributed by atoms with Gasteiger partial charge in [-0.3, -0.25) is 10.1 Å². The molecule has 0 spiro atoms. The summed E-state index contributed by atoms with van der Waals surface area (Å²) in [6.07, 6.45) is 2.77. The minimum atomic E-state index is -0.926. The fourth-order valence-electron chi connectivity index (χ4n) is 2.28. The number of aliphatic carboxylic acids is 1. The minimum Gasteiger partial charge on any atom is -0.480 e. The van der Waals surface area contributed by atoms with Gasteiger partial charge in [0.1, 0.15) is 5.54 Å². The van der Waals surface area contributed by atoms with Crippen LogP contribution >= 0.6 is 0 Å². The van der Waals surface area contributed by atoms with Crippen LogP contribution in [0.3, 0.4) is 0 Å². The number of carboxylic acid groups (broad SMARTS) is 1. The highest BCUT2D eigenvalue weighted by Gasteiger charge is 2.51. The number of ether oxygens (including phenoxy) is 3. The van der Waals surface area contributed by atoms with E-state index in [1.54, 1.807) is 7.11 Å². The molecule has 0 aromatic rings. The van der Waals surface area contributed by atoms with Crippen LogP contribution in [0.4, 0.5) is 0 Å². The van der Waals surface area contributed by atoms with Crippen LogP contribution in [0.15, 0.2) is 0 Å². The summed E-state index contributed by atoms with van der Waals surface area (Å²) in [4.78, 5) is 11.5. The molecule has 0 aromatic carbocycles. The number of carboxylic acids is 1. The van der Waals surface area contributed by atoms with Crippen molar-refractivity contribution in [3.63, 3.8) is 0 Å². The van der Waals surface area contributed by atoms with Crippen molar-refractivity contribution in [3.05, 3.63) is 0 Å². The van der Waals surface area contributed by atoms with Crippen molar-refractivity contribution in [2.45, 2.75) is 31.7 Å². The topological polar surface area (TPSA) is 77.0 Å². The van der Waals surface area contributed by atoms with Crippen LogP contribution in [-0.4, -0.2) is 63.3 Å². The number of hydrogen-bond acceptors (Lipinski definition) is 5. The van der Waals surface area contributed by atoms with Crippen molar-refractivity contribution in [3.8, 4) is 0 Å². The van der Waals surface area contributed by atoms with Gasteiger partial charge in [-0.1, -0.05) is 6.92 Å². The SMILES string of the molecule is CCNC(COCCOCCCOC)(C(=O)O)C1CC1. The first-order chi connectivity index (χ1) is 9.67. The summed E-state index contributed by atoms with van der Waals surface area (Å²) >= 11 is 0. The van der Waals surface area contributed by atoms with Crippen LogP contribution in [-0.2, 0) is 19.0 Å². The normalized spacial score (nSPS) is 17.9. The van der Waals surface area contributed by atoms with E-state index in [4.69, 9.17) is 14.2 Å². The molecule has 6 heteroatoms. The molecule has 0 radical (unpaired) electrons. The van der Waals surface area contributed by atoms with Crippen molar-refractivity contribution in [2.24, 2.45) is 5.92 Å². The standard InChI is InChI=1S/C14H27NO5/c1-3-15-14(13(16)17,12-5-6-12)11-20-10-9-19-8-4-7-18-2/h12,15H,3-11H2,1-2H3,(H,16,17). The number of nitrogens with one attached hydrogen (secondary N) is 1. The van der Waals surface area contributed by atoms with Gasteiger partial charge in [-0.05, 0) is 31.7 Å². The van der Waals surface area contributed by atoms with E-state index in [9.17, 15) is 9.90 Å². The summed E-state index contributed by atoms with van der Waals surface area (Å²) in [5, 5.41) is 12.6. The van der Waals surface area contributed by atoms with Crippen LogP contribution < -0.4 is 5.32 Å². The Morgan fingerprint density at radius 1 is 1.25 bits per heavy atom. The molecule has 2 N–H and O–H groups in total. The molecular formula is C14H27NO5. The molecule has 1 rings (SSSR count). The second-order valence-electron chi connectivity index (χ2n) is 5.09. The Labute approximate surface area is 120 Å². The van der Waals surface area contributed by atoms with Gasteiger partial charge in [0.05, 0.1) is 19.8 Å². The maximum atomic E-state index is 11.5. The largest absolute Gasteiger partial charge is 0.480 e. The lowest BCUT2D eigenvalue weighted by Crippen LogP contribution is -2.57. The molecule has 0 saturated heterocycles. The molecular weight excluding hydrogens is 262 g/mol. The summed E-state index contributed by atoms with van der Waals surface area (Å²) in [7, 11) is 1.66. The second kappa shape index (κ2) is 9.28. The third-order valence-corrected chi connectivity index (χ3v) is 3.49. The zero-order valence-electron chi connectivity index (χ0n) is 12.5. The van der Waals surface area contributed by atoms with E-state index in [0.717, 1.165) is 19.3 Å². The van der Waals surface area contributed by atoms with Crippen LogP contribution in [0.25, 0.3) is 0 Å². The molecule has 0 aromatic heterocycles. The highest BCUT2D eigenvalue weighted by atomic mass is 16.5. The lowest BCUT2D eigenvalue weighted by atomic mass is 9.94.